The average Bonchev–Trinajstić information content (AvgIpc) is 2.78. The number of hydrogen-bond acceptors (Lipinski definition) is 4. The molecule has 6 nitrogen and oxygen atoms in total. The zero-order chi connectivity index (χ0) is 21.5. The molecule has 0 aliphatic heterocycles. The van der Waals surface area contributed by atoms with Crippen LogP contribution in [-0.4, -0.2) is 29.3 Å². The van der Waals surface area contributed by atoms with Gasteiger partial charge in [0.25, 0.3) is 5.91 Å². The second-order valence-corrected chi connectivity index (χ2v) is 8.18. The summed E-state index contributed by atoms with van der Waals surface area (Å²) in [6.45, 7) is 0.567. The summed E-state index contributed by atoms with van der Waals surface area (Å²) in [5.74, 6) is -0.917. The van der Waals surface area contributed by atoms with Crippen molar-refractivity contribution in [1.82, 2.24) is 10.8 Å². The van der Waals surface area contributed by atoms with Crippen molar-refractivity contribution < 1.29 is 19.2 Å². The number of benzene rings is 2. The molecule has 158 valence electrons. The Labute approximate surface area is 182 Å². The van der Waals surface area contributed by atoms with Crippen molar-refractivity contribution in [3.63, 3.8) is 0 Å². The second kappa shape index (κ2) is 10.4. The molecule has 0 bridgehead atoms. The third-order valence-corrected chi connectivity index (χ3v) is 5.90. The summed E-state index contributed by atoms with van der Waals surface area (Å²) in [6, 6.07) is 13.2. The van der Waals surface area contributed by atoms with Crippen molar-refractivity contribution in [3.8, 4) is 0 Å². The van der Waals surface area contributed by atoms with Gasteiger partial charge in [-0.25, -0.2) is 14.9 Å². The Kier molecular flexibility index (Phi) is 7.70. The highest BCUT2D eigenvalue weighted by Crippen LogP contribution is 2.30. The molecule has 1 fully saturated rings. The fraction of sp³-hybridized carbons (Fsp3) is 0.318. The molecule has 1 amide bonds. The van der Waals surface area contributed by atoms with E-state index in [4.69, 9.17) is 0 Å². The maximum Gasteiger partial charge on any atom is 0.251 e. The number of nitrogens with zero attached hydrogens (tertiary/aromatic N) is 1. The first-order valence-electron chi connectivity index (χ1n) is 9.79. The summed E-state index contributed by atoms with van der Waals surface area (Å²) in [4.78, 5) is 29.0. The number of carbonyl (C=O) groups excluding carboxylic acids is 2. The lowest BCUT2D eigenvalue weighted by Crippen LogP contribution is -2.37. The third-order valence-electron chi connectivity index (χ3n) is 5.29. The number of carbonyl (C=O) groups is 2. The van der Waals surface area contributed by atoms with Gasteiger partial charge in [-0.15, -0.1) is 0 Å². The van der Waals surface area contributed by atoms with Crippen molar-refractivity contribution in [2.45, 2.75) is 25.7 Å². The Morgan fingerprint density at radius 2 is 1.80 bits per heavy atom. The molecule has 0 saturated heterocycles. The fourth-order valence-corrected chi connectivity index (χ4v) is 3.94. The van der Waals surface area contributed by atoms with Crippen LogP contribution >= 0.6 is 15.9 Å². The molecule has 30 heavy (non-hydrogen) atoms. The van der Waals surface area contributed by atoms with Gasteiger partial charge in [-0.1, -0.05) is 18.2 Å². The van der Waals surface area contributed by atoms with Crippen LogP contribution in [0.3, 0.4) is 0 Å². The van der Waals surface area contributed by atoms with Crippen molar-refractivity contribution in [1.29, 1.82) is 0 Å². The van der Waals surface area contributed by atoms with Crippen LogP contribution in [0.15, 0.2) is 58.0 Å². The van der Waals surface area contributed by atoms with Crippen LogP contribution in [0.5, 0.6) is 0 Å². The maximum atomic E-state index is 13.4. The minimum absolute atomic E-state index is 0.0989. The first kappa shape index (κ1) is 22.1. The topological polar surface area (TPSA) is 90.8 Å². The predicted molar refractivity (Wildman–Crippen MR) is 115 cm³/mol. The van der Waals surface area contributed by atoms with Crippen LogP contribution in [0.2, 0.25) is 0 Å². The van der Waals surface area contributed by atoms with Gasteiger partial charge in [-0.05, 0) is 77.9 Å². The highest BCUT2D eigenvalue weighted by molar-refractivity contribution is 9.10. The van der Waals surface area contributed by atoms with Gasteiger partial charge in [0.2, 0.25) is 5.78 Å². The Hall–Kier alpha value is -2.58. The molecule has 3 N–H and O–H groups in total. The molecule has 3 rings (SSSR count). The van der Waals surface area contributed by atoms with Crippen LogP contribution in [0.4, 0.5) is 10.1 Å². The van der Waals surface area contributed by atoms with E-state index in [1.54, 1.807) is 12.1 Å². The number of ketones is 1. The number of aliphatic imine (C=N–C) groups is 1. The number of hydroxylamine groups is 1. The SMILES string of the molecule is O=C(NCC1CCC(C(=O)C(=Nc2ccc(F)c(Br)c2)NO)CC1)c1ccccc1. The zero-order valence-electron chi connectivity index (χ0n) is 16.3. The molecule has 2 aromatic carbocycles. The van der Waals surface area contributed by atoms with Gasteiger partial charge in [0, 0.05) is 18.0 Å². The highest BCUT2D eigenvalue weighted by atomic mass is 79.9. The maximum absolute atomic E-state index is 13.4. The van der Waals surface area contributed by atoms with E-state index in [9.17, 15) is 19.2 Å². The van der Waals surface area contributed by atoms with E-state index < -0.39 is 5.82 Å². The van der Waals surface area contributed by atoms with Crippen molar-refractivity contribution in [2.24, 2.45) is 16.8 Å². The summed E-state index contributed by atoms with van der Waals surface area (Å²) in [6.07, 6.45) is 2.90. The molecule has 0 atom stereocenters. The number of rotatable bonds is 6. The van der Waals surface area contributed by atoms with Gasteiger partial charge in [0.05, 0.1) is 10.2 Å². The normalized spacial score (nSPS) is 19.2. The average molecular weight is 476 g/mol. The molecular formula is C22H23BrFN3O3. The molecule has 8 heteroatoms. The van der Waals surface area contributed by atoms with Crippen molar-refractivity contribution in [2.75, 3.05) is 6.54 Å². The number of amides is 1. The summed E-state index contributed by atoms with van der Waals surface area (Å²) in [5, 5.41) is 12.3. The lowest BCUT2D eigenvalue weighted by molar-refractivity contribution is -0.118. The zero-order valence-corrected chi connectivity index (χ0v) is 17.9. The van der Waals surface area contributed by atoms with E-state index in [0.29, 0.717) is 36.6 Å². The minimum atomic E-state index is -0.434. The first-order chi connectivity index (χ1) is 14.5. The van der Waals surface area contributed by atoms with Crippen LogP contribution < -0.4 is 10.8 Å². The predicted octanol–water partition coefficient (Wildman–Crippen LogP) is 4.40. The van der Waals surface area contributed by atoms with Crippen LogP contribution in [0, 0.1) is 17.7 Å². The standard InChI is InChI=1S/C22H23BrFN3O3/c23-18-12-17(10-11-19(18)24)26-21(27-30)20(28)15-8-6-14(7-9-15)13-25-22(29)16-4-2-1-3-5-16/h1-5,10-12,14-15,30H,6-9,13H2,(H,25,29)(H,26,27). The molecule has 1 aliphatic rings. The van der Waals surface area contributed by atoms with Gasteiger partial charge < -0.3 is 5.32 Å². The van der Waals surface area contributed by atoms with Gasteiger partial charge in [-0.2, -0.15) is 0 Å². The molecule has 0 heterocycles. The van der Waals surface area contributed by atoms with Crippen LogP contribution in [0.1, 0.15) is 36.0 Å². The molecule has 0 unspecified atom stereocenters. The van der Waals surface area contributed by atoms with Gasteiger partial charge in [-0.3, -0.25) is 14.8 Å². The summed E-state index contributed by atoms with van der Waals surface area (Å²) in [7, 11) is 0. The summed E-state index contributed by atoms with van der Waals surface area (Å²) in [5.41, 5.74) is 2.87. The Balaban J connectivity index is 1.53. The van der Waals surface area contributed by atoms with Gasteiger partial charge in [0.15, 0.2) is 5.84 Å². The number of halogens is 2. The van der Waals surface area contributed by atoms with Gasteiger partial charge in [0.1, 0.15) is 5.82 Å². The number of nitrogens with one attached hydrogen (secondary N) is 2. The van der Waals surface area contributed by atoms with E-state index in [0.717, 1.165) is 12.8 Å². The molecule has 0 spiro atoms. The number of hydrogen-bond donors (Lipinski definition) is 3. The van der Waals surface area contributed by atoms with Gasteiger partial charge >= 0.3 is 0 Å². The van der Waals surface area contributed by atoms with E-state index in [-0.39, 0.29) is 27.9 Å². The third kappa shape index (κ3) is 5.73. The monoisotopic (exact) mass is 475 g/mol. The summed E-state index contributed by atoms with van der Waals surface area (Å²) >= 11 is 3.08. The number of amidine groups is 1. The lowest BCUT2D eigenvalue weighted by Gasteiger charge is -2.27. The van der Waals surface area contributed by atoms with Crippen LogP contribution in [-0.2, 0) is 4.79 Å². The summed E-state index contributed by atoms with van der Waals surface area (Å²) < 4.78 is 13.6. The largest absolute Gasteiger partial charge is 0.352 e. The van der Waals surface area contributed by atoms with Crippen molar-refractivity contribution >= 4 is 39.1 Å². The molecule has 0 aromatic heterocycles. The lowest BCUT2D eigenvalue weighted by atomic mass is 9.79. The first-order valence-corrected chi connectivity index (χ1v) is 10.6. The molecule has 0 radical (unpaired) electrons. The second-order valence-electron chi connectivity index (χ2n) is 7.33. The Bertz CT molecular complexity index is 928. The van der Waals surface area contributed by atoms with E-state index in [1.165, 1.54) is 18.2 Å². The van der Waals surface area contributed by atoms with E-state index >= 15 is 0 Å². The Morgan fingerprint density at radius 3 is 2.43 bits per heavy atom. The minimum Gasteiger partial charge on any atom is -0.352 e. The smallest absolute Gasteiger partial charge is 0.251 e. The van der Waals surface area contributed by atoms with E-state index in [2.05, 4.69) is 26.2 Å². The number of Topliss-reactive ketones (excluding diaryl/α,β-unsaturated/α-hetero) is 1. The molecule has 1 saturated carbocycles. The quantitative estimate of drug-likeness (QED) is 0.328. The van der Waals surface area contributed by atoms with Crippen LogP contribution in [0.25, 0.3) is 0 Å². The highest BCUT2D eigenvalue weighted by Gasteiger charge is 2.29. The Morgan fingerprint density at radius 1 is 1.10 bits per heavy atom. The fourth-order valence-electron chi connectivity index (χ4n) is 3.57. The molecule has 1 aliphatic carbocycles. The molecular weight excluding hydrogens is 453 g/mol. The van der Waals surface area contributed by atoms with Crippen molar-refractivity contribution in [3.05, 3.63) is 64.4 Å². The van der Waals surface area contributed by atoms with E-state index in [1.807, 2.05) is 23.7 Å². The molecule has 2 aromatic rings.